The average molecular weight is 395 g/mol. The number of sulfonamides is 1. The van der Waals surface area contributed by atoms with Crippen molar-refractivity contribution in [3.63, 3.8) is 0 Å². The smallest absolute Gasteiger partial charge is 0.244 e. The predicted molar refractivity (Wildman–Crippen MR) is 90.8 cm³/mol. The summed E-state index contributed by atoms with van der Waals surface area (Å²) in [4.78, 5) is 12.6. The molecule has 0 saturated heterocycles. The molecule has 0 aliphatic rings. The zero-order valence-corrected chi connectivity index (χ0v) is 15.2. The maximum absolute atomic E-state index is 11.6. The summed E-state index contributed by atoms with van der Waals surface area (Å²) >= 11 is 4.90. The van der Waals surface area contributed by atoms with Gasteiger partial charge in [-0.2, -0.15) is 0 Å². The summed E-state index contributed by atoms with van der Waals surface area (Å²) in [6, 6.07) is 3.84. The number of nitrogens with zero attached hydrogens (tertiary/aromatic N) is 1. The highest BCUT2D eigenvalue weighted by Gasteiger charge is 2.13. The summed E-state index contributed by atoms with van der Waals surface area (Å²) in [5, 5.41) is 2.73. The summed E-state index contributed by atoms with van der Waals surface area (Å²) in [5.41, 5.74) is 0. The van der Waals surface area contributed by atoms with Crippen molar-refractivity contribution < 1.29 is 13.2 Å². The second kappa shape index (κ2) is 8.67. The van der Waals surface area contributed by atoms with E-state index < -0.39 is 10.0 Å². The molecule has 0 bridgehead atoms. The van der Waals surface area contributed by atoms with Crippen molar-refractivity contribution in [2.75, 3.05) is 25.9 Å². The van der Waals surface area contributed by atoms with Gasteiger partial charge in [0.05, 0.1) is 9.54 Å². The Morgan fingerprint density at radius 2 is 2.19 bits per heavy atom. The number of amides is 1. The fraction of sp³-hybridized carbons (Fsp3) is 0.462. The topological polar surface area (TPSA) is 66.5 Å². The van der Waals surface area contributed by atoms with Crippen LogP contribution in [0.3, 0.4) is 0 Å². The first-order valence-corrected chi connectivity index (χ1v) is 9.72. The number of nitrogens with one attached hydrogen (secondary N) is 1. The minimum Gasteiger partial charge on any atom is -0.353 e. The first-order chi connectivity index (χ1) is 9.85. The Balaban J connectivity index is 2.27. The van der Waals surface area contributed by atoms with Crippen molar-refractivity contribution in [1.29, 1.82) is 0 Å². The number of hydrogen-bond acceptors (Lipinski definition) is 4. The molecule has 0 aromatic carbocycles. The molecule has 1 N–H and O–H groups in total. The zero-order chi connectivity index (χ0) is 15.9. The Kier molecular flexibility index (Phi) is 7.58. The van der Waals surface area contributed by atoms with E-state index in [1.54, 1.807) is 31.4 Å². The van der Waals surface area contributed by atoms with Gasteiger partial charge in [0.2, 0.25) is 15.9 Å². The first kappa shape index (κ1) is 18.3. The maximum Gasteiger partial charge on any atom is 0.244 e. The monoisotopic (exact) mass is 394 g/mol. The number of hydrogen-bond donors (Lipinski definition) is 1. The third-order valence-corrected chi connectivity index (χ3v) is 6.23. The van der Waals surface area contributed by atoms with E-state index in [1.165, 1.54) is 10.4 Å². The minimum atomic E-state index is -3.14. The van der Waals surface area contributed by atoms with Crippen LogP contribution in [0.4, 0.5) is 0 Å². The molecule has 21 heavy (non-hydrogen) atoms. The molecule has 1 amide bonds. The average Bonchev–Trinajstić information content (AvgIpc) is 2.86. The zero-order valence-electron chi connectivity index (χ0n) is 12.0. The van der Waals surface area contributed by atoms with Gasteiger partial charge in [0.1, 0.15) is 0 Å². The van der Waals surface area contributed by atoms with Gasteiger partial charge in [-0.25, -0.2) is 12.7 Å². The molecule has 1 heterocycles. The van der Waals surface area contributed by atoms with Crippen LogP contribution in [0, 0.1) is 0 Å². The van der Waals surface area contributed by atoms with Crippen LogP contribution < -0.4 is 5.32 Å². The third kappa shape index (κ3) is 6.73. The lowest BCUT2D eigenvalue weighted by Crippen LogP contribution is -2.32. The third-order valence-electron chi connectivity index (χ3n) is 2.78. The van der Waals surface area contributed by atoms with Crippen LogP contribution in [-0.4, -0.2) is 44.5 Å². The Morgan fingerprint density at radius 3 is 2.76 bits per heavy atom. The second-order valence-corrected chi connectivity index (χ2v) is 9.20. The normalized spacial score (nSPS) is 12.2. The molecular formula is C13H19BrN2O3S2. The molecule has 0 atom stereocenters. The molecule has 118 valence electrons. The number of carbonyl (C=O) groups excluding carboxylic acids is 1. The van der Waals surface area contributed by atoms with Crippen LogP contribution >= 0.6 is 27.3 Å². The van der Waals surface area contributed by atoms with Gasteiger partial charge in [-0.15, -0.1) is 11.3 Å². The van der Waals surface area contributed by atoms with Crippen molar-refractivity contribution in [2.24, 2.45) is 0 Å². The van der Waals surface area contributed by atoms with Crippen molar-refractivity contribution in [1.82, 2.24) is 9.62 Å². The molecule has 0 fully saturated rings. The van der Waals surface area contributed by atoms with E-state index in [2.05, 4.69) is 21.2 Å². The summed E-state index contributed by atoms with van der Waals surface area (Å²) in [7, 11) is -1.59. The van der Waals surface area contributed by atoms with Crippen molar-refractivity contribution in [3.8, 4) is 0 Å². The van der Waals surface area contributed by atoms with E-state index in [4.69, 9.17) is 0 Å². The molecule has 0 saturated carbocycles. The van der Waals surface area contributed by atoms with Gasteiger partial charge in [-0.1, -0.05) is 0 Å². The summed E-state index contributed by atoms with van der Waals surface area (Å²) in [6.07, 6.45) is 3.81. The molecule has 0 radical (unpaired) electrons. The second-order valence-electron chi connectivity index (χ2n) is 4.34. The molecule has 5 nitrogen and oxygen atoms in total. The SMILES string of the molecule is CCS(=O)(=O)N(C)CCCNC(=O)/C=C/c1ccc(Br)s1. The van der Waals surface area contributed by atoms with Crippen LogP contribution in [0.2, 0.25) is 0 Å². The molecule has 1 rings (SSSR count). The Labute approximate surface area is 138 Å². The Morgan fingerprint density at radius 1 is 1.48 bits per heavy atom. The molecule has 0 spiro atoms. The number of carbonyl (C=O) groups is 1. The van der Waals surface area contributed by atoms with Crippen LogP contribution in [0.15, 0.2) is 22.0 Å². The molecule has 8 heteroatoms. The highest BCUT2D eigenvalue weighted by atomic mass is 79.9. The fourth-order valence-electron chi connectivity index (χ4n) is 1.51. The maximum atomic E-state index is 11.6. The van der Waals surface area contributed by atoms with Gasteiger partial charge in [-0.3, -0.25) is 4.79 Å². The molecule has 0 aliphatic carbocycles. The van der Waals surface area contributed by atoms with Crippen LogP contribution in [0.5, 0.6) is 0 Å². The number of thiophene rings is 1. The standard InChI is InChI=1S/C13H19BrN2O3S2/c1-3-21(18,19)16(2)10-4-9-15-13(17)8-6-11-5-7-12(14)20-11/h5-8H,3-4,9-10H2,1-2H3,(H,15,17)/b8-6+. The minimum absolute atomic E-state index is 0.0922. The lowest BCUT2D eigenvalue weighted by atomic mass is 10.4. The molecule has 0 unspecified atom stereocenters. The fourth-order valence-corrected chi connectivity index (χ4v) is 3.68. The molecule has 1 aromatic heterocycles. The van der Waals surface area contributed by atoms with E-state index in [-0.39, 0.29) is 11.7 Å². The van der Waals surface area contributed by atoms with Gasteiger partial charge in [0.15, 0.2) is 0 Å². The highest BCUT2D eigenvalue weighted by molar-refractivity contribution is 9.11. The largest absolute Gasteiger partial charge is 0.353 e. The van der Waals surface area contributed by atoms with Gasteiger partial charge in [0, 0.05) is 31.1 Å². The quantitative estimate of drug-likeness (QED) is 0.543. The van der Waals surface area contributed by atoms with Gasteiger partial charge in [0.25, 0.3) is 0 Å². The molecule has 0 aliphatic heterocycles. The van der Waals surface area contributed by atoms with Crippen molar-refractivity contribution >= 4 is 49.3 Å². The lowest BCUT2D eigenvalue weighted by Gasteiger charge is -2.15. The van der Waals surface area contributed by atoms with E-state index in [0.717, 1.165) is 8.66 Å². The summed E-state index contributed by atoms with van der Waals surface area (Å²) in [5.74, 6) is -0.0878. The Hall–Kier alpha value is -0.700. The van der Waals surface area contributed by atoms with Crippen LogP contribution in [0.1, 0.15) is 18.2 Å². The Bertz CT molecular complexity index is 596. The van der Waals surface area contributed by atoms with Crippen molar-refractivity contribution in [3.05, 3.63) is 26.9 Å². The van der Waals surface area contributed by atoms with Gasteiger partial charge >= 0.3 is 0 Å². The lowest BCUT2D eigenvalue weighted by molar-refractivity contribution is -0.116. The van der Waals surface area contributed by atoms with Crippen LogP contribution in [-0.2, 0) is 14.8 Å². The molecular weight excluding hydrogens is 376 g/mol. The number of halogens is 1. The van der Waals surface area contributed by atoms with Gasteiger partial charge < -0.3 is 5.32 Å². The van der Waals surface area contributed by atoms with E-state index in [1.807, 2.05) is 12.1 Å². The van der Waals surface area contributed by atoms with E-state index in [9.17, 15) is 13.2 Å². The highest BCUT2D eigenvalue weighted by Crippen LogP contribution is 2.22. The summed E-state index contributed by atoms with van der Waals surface area (Å²) in [6.45, 7) is 2.46. The molecule has 1 aromatic rings. The number of rotatable bonds is 8. The first-order valence-electron chi connectivity index (χ1n) is 6.50. The van der Waals surface area contributed by atoms with Gasteiger partial charge in [-0.05, 0) is 47.5 Å². The van der Waals surface area contributed by atoms with E-state index >= 15 is 0 Å². The van der Waals surface area contributed by atoms with E-state index in [0.29, 0.717) is 19.5 Å². The summed E-state index contributed by atoms with van der Waals surface area (Å²) < 4.78 is 25.4. The predicted octanol–water partition coefficient (Wildman–Crippen LogP) is 2.31. The van der Waals surface area contributed by atoms with Crippen LogP contribution in [0.25, 0.3) is 6.08 Å². The van der Waals surface area contributed by atoms with Crippen molar-refractivity contribution in [2.45, 2.75) is 13.3 Å².